The molecule has 0 aliphatic carbocycles. The van der Waals surface area contributed by atoms with Gasteiger partial charge in [0.25, 0.3) is 5.91 Å². The van der Waals surface area contributed by atoms with Crippen LogP contribution in [0.4, 0.5) is 13.2 Å². The minimum absolute atomic E-state index is 0.0173. The lowest BCUT2D eigenvalue weighted by Crippen LogP contribution is -2.44. The van der Waals surface area contributed by atoms with E-state index in [-0.39, 0.29) is 29.8 Å². The molecule has 32 heavy (non-hydrogen) atoms. The van der Waals surface area contributed by atoms with E-state index in [1.54, 1.807) is 21.9 Å². The summed E-state index contributed by atoms with van der Waals surface area (Å²) in [5.41, 5.74) is 2.21. The molecular weight excluding hydrogens is 421 g/mol. The Bertz CT molecular complexity index is 1200. The molecule has 3 aromatic rings. The van der Waals surface area contributed by atoms with E-state index in [4.69, 9.17) is 0 Å². The monoisotopic (exact) mass is 442 g/mol. The topological polar surface area (TPSA) is 69.3 Å². The molecule has 0 unspecified atom stereocenters. The number of halogens is 3. The van der Waals surface area contributed by atoms with Gasteiger partial charge in [-0.25, -0.2) is 4.98 Å². The van der Waals surface area contributed by atoms with Crippen molar-refractivity contribution in [1.29, 1.82) is 0 Å². The summed E-state index contributed by atoms with van der Waals surface area (Å²) < 4.78 is 38.9. The summed E-state index contributed by atoms with van der Waals surface area (Å²) in [6.45, 7) is 1.49. The predicted octanol–water partition coefficient (Wildman–Crippen LogP) is 3.94. The zero-order valence-corrected chi connectivity index (χ0v) is 17.2. The Morgan fingerprint density at radius 1 is 1.19 bits per heavy atom. The van der Waals surface area contributed by atoms with Gasteiger partial charge in [0, 0.05) is 36.8 Å². The van der Waals surface area contributed by atoms with Crippen LogP contribution in [0, 0.1) is 0 Å². The quantitative estimate of drug-likeness (QED) is 0.668. The number of fused-ring (bicyclic) bond motifs is 2. The lowest BCUT2D eigenvalue weighted by Gasteiger charge is -2.33. The molecule has 0 radical (unpaired) electrons. The molecule has 166 valence electrons. The SMILES string of the molecule is O=C(CN1Cc2ccccc2C1=O)N1CCC[C@@H](c2cc3nc(C(F)(F)F)ccc3[nH]2)C1. The Morgan fingerprint density at radius 3 is 2.78 bits per heavy atom. The number of carbonyl (C=O) groups excluding carboxylic acids is 2. The molecule has 2 aliphatic rings. The Labute approximate surface area is 182 Å². The first-order valence-electron chi connectivity index (χ1n) is 10.5. The Kier molecular flexibility index (Phi) is 4.91. The van der Waals surface area contributed by atoms with Gasteiger partial charge in [0.15, 0.2) is 0 Å². The molecule has 0 spiro atoms. The van der Waals surface area contributed by atoms with Crippen molar-refractivity contribution in [2.45, 2.75) is 31.5 Å². The lowest BCUT2D eigenvalue weighted by atomic mass is 9.95. The van der Waals surface area contributed by atoms with E-state index >= 15 is 0 Å². The maximum Gasteiger partial charge on any atom is 0.433 e. The van der Waals surface area contributed by atoms with Crippen molar-refractivity contribution in [2.75, 3.05) is 19.6 Å². The number of hydrogen-bond acceptors (Lipinski definition) is 3. The zero-order valence-electron chi connectivity index (χ0n) is 17.2. The molecule has 1 atom stereocenters. The van der Waals surface area contributed by atoms with Crippen LogP contribution < -0.4 is 0 Å². The standard InChI is InChI=1S/C23H21F3N4O2/c24-23(25,26)20-8-7-17-19(28-20)10-18(27-17)15-5-3-9-29(12-15)21(31)13-30-11-14-4-1-2-6-16(14)22(30)32/h1-2,4,6-8,10,15,27H,3,5,9,11-13H2/t15-/m1/s1. The molecule has 6 nitrogen and oxygen atoms in total. The second-order valence-corrected chi connectivity index (χ2v) is 8.35. The van der Waals surface area contributed by atoms with Gasteiger partial charge in [0.05, 0.1) is 11.0 Å². The number of aromatic nitrogens is 2. The third-order valence-electron chi connectivity index (χ3n) is 6.22. The number of nitrogens with one attached hydrogen (secondary N) is 1. The van der Waals surface area contributed by atoms with Crippen molar-refractivity contribution >= 4 is 22.8 Å². The Hall–Kier alpha value is -3.36. The molecular formula is C23H21F3N4O2. The van der Waals surface area contributed by atoms with Crippen LogP contribution in [0.1, 0.15) is 46.1 Å². The van der Waals surface area contributed by atoms with Crippen LogP contribution in [0.2, 0.25) is 0 Å². The van der Waals surface area contributed by atoms with Crippen LogP contribution in [0.5, 0.6) is 0 Å². The van der Waals surface area contributed by atoms with Crippen molar-refractivity contribution in [3.63, 3.8) is 0 Å². The molecule has 1 N–H and O–H groups in total. The number of carbonyl (C=O) groups is 2. The number of pyridine rings is 1. The van der Waals surface area contributed by atoms with Crippen LogP contribution in [0.25, 0.3) is 11.0 Å². The van der Waals surface area contributed by atoms with Gasteiger partial charge in [-0.2, -0.15) is 13.2 Å². The first kappa shape index (κ1) is 20.5. The highest BCUT2D eigenvalue weighted by molar-refractivity contribution is 6.00. The van der Waals surface area contributed by atoms with E-state index in [1.807, 2.05) is 18.2 Å². The van der Waals surface area contributed by atoms with Crippen LogP contribution in [0.3, 0.4) is 0 Å². The number of H-pyrrole nitrogens is 1. The zero-order chi connectivity index (χ0) is 22.5. The molecule has 2 amide bonds. The average Bonchev–Trinajstić information content (AvgIpc) is 3.34. The number of amides is 2. The van der Waals surface area contributed by atoms with Crippen molar-refractivity contribution in [1.82, 2.24) is 19.8 Å². The fraction of sp³-hybridized carbons (Fsp3) is 0.348. The van der Waals surface area contributed by atoms with E-state index in [1.165, 1.54) is 6.07 Å². The molecule has 1 aromatic carbocycles. The Morgan fingerprint density at radius 2 is 2.00 bits per heavy atom. The van der Waals surface area contributed by atoms with E-state index < -0.39 is 11.9 Å². The van der Waals surface area contributed by atoms with Crippen molar-refractivity contribution in [2.24, 2.45) is 0 Å². The summed E-state index contributed by atoms with van der Waals surface area (Å²) >= 11 is 0. The number of alkyl halides is 3. The number of nitrogens with zero attached hydrogens (tertiary/aromatic N) is 3. The molecule has 4 heterocycles. The fourth-order valence-corrected chi connectivity index (χ4v) is 4.57. The van der Waals surface area contributed by atoms with E-state index in [2.05, 4.69) is 9.97 Å². The summed E-state index contributed by atoms with van der Waals surface area (Å²) in [5, 5.41) is 0. The number of hydrogen-bond donors (Lipinski definition) is 1. The number of piperidine rings is 1. The fourth-order valence-electron chi connectivity index (χ4n) is 4.57. The maximum absolute atomic E-state index is 13.0. The summed E-state index contributed by atoms with van der Waals surface area (Å²) in [4.78, 5) is 35.7. The van der Waals surface area contributed by atoms with Gasteiger partial charge in [-0.05, 0) is 42.7 Å². The number of likely N-dealkylation sites (tertiary alicyclic amines) is 1. The predicted molar refractivity (Wildman–Crippen MR) is 111 cm³/mol. The molecule has 1 saturated heterocycles. The van der Waals surface area contributed by atoms with Crippen LogP contribution in [-0.2, 0) is 17.5 Å². The summed E-state index contributed by atoms with van der Waals surface area (Å²) in [5.74, 6) is -0.281. The first-order valence-corrected chi connectivity index (χ1v) is 10.5. The molecule has 1 fully saturated rings. The van der Waals surface area contributed by atoms with Gasteiger partial charge < -0.3 is 14.8 Å². The summed E-state index contributed by atoms with van der Waals surface area (Å²) in [7, 11) is 0. The number of benzene rings is 1. The van der Waals surface area contributed by atoms with Crippen molar-refractivity contribution in [3.05, 3.63) is 65.0 Å². The minimum Gasteiger partial charge on any atom is -0.357 e. The third-order valence-corrected chi connectivity index (χ3v) is 6.22. The first-order chi connectivity index (χ1) is 15.3. The van der Waals surface area contributed by atoms with Crippen LogP contribution >= 0.6 is 0 Å². The smallest absolute Gasteiger partial charge is 0.357 e. The van der Waals surface area contributed by atoms with Crippen molar-refractivity contribution in [3.8, 4) is 0 Å². The molecule has 2 aromatic heterocycles. The van der Waals surface area contributed by atoms with Gasteiger partial charge >= 0.3 is 6.18 Å². The third kappa shape index (κ3) is 3.72. The molecule has 0 saturated carbocycles. The minimum atomic E-state index is -4.49. The average molecular weight is 442 g/mol. The van der Waals surface area contributed by atoms with Gasteiger partial charge in [-0.3, -0.25) is 9.59 Å². The highest BCUT2D eigenvalue weighted by Crippen LogP contribution is 2.32. The highest BCUT2D eigenvalue weighted by Gasteiger charge is 2.34. The van der Waals surface area contributed by atoms with Crippen LogP contribution in [-0.4, -0.2) is 51.2 Å². The normalized spacial score (nSPS) is 19.0. The second kappa shape index (κ2) is 7.65. The largest absolute Gasteiger partial charge is 0.433 e. The molecule has 0 bridgehead atoms. The molecule has 9 heteroatoms. The highest BCUT2D eigenvalue weighted by atomic mass is 19.4. The second-order valence-electron chi connectivity index (χ2n) is 8.35. The number of rotatable bonds is 3. The molecule has 5 rings (SSSR count). The summed E-state index contributed by atoms with van der Waals surface area (Å²) in [6.07, 6.45) is -2.90. The van der Waals surface area contributed by atoms with Gasteiger partial charge in [-0.15, -0.1) is 0 Å². The van der Waals surface area contributed by atoms with E-state index in [0.717, 1.165) is 30.2 Å². The van der Waals surface area contributed by atoms with Crippen molar-refractivity contribution < 1.29 is 22.8 Å². The lowest BCUT2D eigenvalue weighted by molar-refractivity contribution is -0.141. The van der Waals surface area contributed by atoms with E-state index in [9.17, 15) is 22.8 Å². The Balaban J connectivity index is 1.28. The van der Waals surface area contributed by atoms with Gasteiger partial charge in [-0.1, -0.05) is 18.2 Å². The van der Waals surface area contributed by atoms with E-state index in [0.29, 0.717) is 30.7 Å². The molecule has 2 aliphatic heterocycles. The number of aromatic amines is 1. The van der Waals surface area contributed by atoms with Gasteiger partial charge in [0.2, 0.25) is 5.91 Å². The van der Waals surface area contributed by atoms with Crippen LogP contribution in [0.15, 0.2) is 42.5 Å². The summed E-state index contributed by atoms with van der Waals surface area (Å²) in [6, 6.07) is 11.3. The van der Waals surface area contributed by atoms with Gasteiger partial charge in [0.1, 0.15) is 12.2 Å². The maximum atomic E-state index is 13.0.